The van der Waals surface area contributed by atoms with Gasteiger partial charge in [-0.05, 0) is 49.7 Å². The Morgan fingerprint density at radius 2 is 1.57 bits per heavy atom. The molecule has 0 saturated heterocycles. The highest BCUT2D eigenvalue weighted by molar-refractivity contribution is 6.00. The second kappa shape index (κ2) is 8.39. The molecular weight excluding hydrogens is 352 g/mol. The van der Waals surface area contributed by atoms with E-state index in [1.54, 1.807) is 0 Å². The summed E-state index contributed by atoms with van der Waals surface area (Å²) >= 11 is 0. The molecule has 0 bridgehead atoms. The minimum atomic E-state index is -0.285. The highest BCUT2D eigenvalue weighted by Gasteiger charge is 2.06. The number of urea groups is 1. The van der Waals surface area contributed by atoms with Crippen molar-refractivity contribution in [3.63, 3.8) is 0 Å². The number of rotatable bonds is 5. The van der Waals surface area contributed by atoms with Gasteiger partial charge in [0.2, 0.25) is 5.95 Å². The average Bonchev–Trinajstić information content (AvgIpc) is 2.65. The van der Waals surface area contributed by atoms with E-state index in [-0.39, 0.29) is 6.03 Å². The van der Waals surface area contributed by atoms with Crippen LogP contribution in [-0.4, -0.2) is 30.1 Å². The van der Waals surface area contributed by atoms with Crippen LogP contribution in [0.1, 0.15) is 11.3 Å². The molecule has 144 valence electrons. The molecule has 0 radical (unpaired) electrons. The van der Waals surface area contributed by atoms with Crippen LogP contribution < -0.4 is 20.9 Å². The molecule has 7 heteroatoms. The number of amides is 2. The maximum Gasteiger partial charge on any atom is 0.323 e. The monoisotopic (exact) mass is 376 g/mol. The first-order valence-corrected chi connectivity index (χ1v) is 8.94. The number of para-hydroxylation sites is 1. The first-order chi connectivity index (χ1) is 13.4. The summed E-state index contributed by atoms with van der Waals surface area (Å²) < 4.78 is 0. The van der Waals surface area contributed by atoms with Crippen molar-refractivity contribution in [2.75, 3.05) is 34.9 Å². The molecule has 0 spiro atoms. The highest BCUT2D eigenvalue weighted by Crippen LogP contribution is 2.20. The number of carbonyl (C=O) groups excluding carboxylic acids is 1. The van der Waals surface area contributed by atoms with Gasteiger partial charge in [-0.25, -0.2) is 9.78 Å². The molecule has 3 aromatic rings. The zero-order valence-electron chi connectivity index (χ0n) is 16.4. The predicted octanol–water partition coefficient (Wildman–Crippen LogP) is 4.55. The molecule has 0 aliphatic heterocycles. The summed E-state index contributed by atoms with van der Waals surface area (Å²) in [6.07, 6.45) is 0. The van der Waals surface area contributed by atoms with Crippen LogP contribution >= 0.6 is 0 Å². The van der Waals surface area contributed by atoms with Crippen LogP contribution in [0.5, 0.6) is 0 Å². The fourth-order valence-electron chi connectivity index (χ4n) is 2.60. The number of nitrogens with zero attached hydrogens (tertiary/aromatic N) is 3. The van der Waals surface area contributed by atoms with Crippen molar-refractivity contribution in [2.45, 2.75) is 13.8 Å². The Hall–Kier alpha value is -3.61. The average molecular weight is 376 g/mol. The molecule has 1 heterocycles. The molecule has 2 amide bonds. The molecule has 0 saturated carbocycles. The molecule has 7 nitrogen and oxygen atoms in total. The molecular formula is C21H24N6O. The normalized spacial score (nSPS) is 10.3. The van der Waals surface area contributed by atoms with Crippen LogP contribution in [0.25, 0.3) is 0 Å². The van der Waals surface area contributed by atoms with Gasteiger partial charge in [0.05, 0.1) is 0 Å². The summed E-state index contributed by atoms with van der Waals surface area (Å²) in [6.45, 7) is 3.88. The zero-order valence-corrected chi connectivity index (χ0v) is 16.4. The van der Waals surface area contributed by atoms with Gasteiger partial charge >= 0.3 is 6.03 Å². The lowest BCUT2D eigenvalue weighted by molar-refractivity contribution is 0.262. The van der Waals surface area contributed by atoms with Crippen molar-refractivity contribution < 1.29 is 4.79 Å². The van der Waals surface area contributed by atoms with Crippen LogP contribution in [0.4, 0.5) is 33.6 Å². The largest absolute Gasteiger partial charge is 0.363 e. The molecule has 1 aromatic heterocycles. The fourth-order valence-corrected chi connectivity index (χ4v) is 2.60. The molecule has 0 fully saturated rings. The molecule has 3 rings (SSSR count). The second-order valence-electron chi connectivity index (χ2n) is 6.68. The van der Waals surface area contributed by atoms with Crippen molar-refractivity contribution in [1.82, 2.24) is 9.97 Å². The molecule has 0 unspecified atom stereocenters. The Bertz CT molecular complexity index is 969. The Balaban J connectivity index is 1.64. The summed E-state index contributed by atoms with van der Waals surface area (Å²) in [4.78, 5) is 23.0. The van der Waals surface area contributed by atoms with E-state index < -0.39 is 0 Å². The third kappa shape index (κ3) is 4.97. The lowest BCUT2D eigenvalue weighted by Gasteiger charge is -2.14. The number of aryl methyl sites for hydroxylation is 2. The third-order valence-corrected chi connectivity index (χ3v) is 4.09. The van der Waals surface area contributed by atoms with Gasteiger partial charge < -0.3 is 20.9 Å². The fraction of sp³-hybridized carbons (Fsp3) is 0.190. The van der Waals surface area contributed by atoms with Crippen LogP contribution in [0, 0.1) is 13.8 Å². The summed E-state index contributed by atoms with van der Waals surface area (Å²) in [6, 6.07) is 16.6. The molecule has 28 heavy (non-hydrogen) atoms. The smallest absolute Gasteiger partial charge is 0.323 e. The summed E-state index contributed by atoms with van der Waals surface area (Å²) in [5, 5.41) is 8.86. The van der Waals surface area contributed by atoms with Gasteiger partial charge in [0.25, 0.3) is 0 Å². The van der Waals surface area contributed by atoms with Crippen molar-refractivity contribution >= 4 is 34.9 Å². The Kier molecular flexibility index (Phi) is 5.74. The molecule has 2 aromatic carbocycles. The lowest BCUT2D eigenvalue weighted by Crippen LogP contribution is -2.19. The number of anilines is 5. The van der Waals surface area contributed by atoms with E-state index in [4.69, 9.17) is 0 Å². The molecule has 0 aliphatic carbocycles. The zero-order chi connectivity index (χ0) is 20.1. The van der Waals surface area contributed by atoms with E-state index in [0.29, 0.717) is 11.6 Å². The van der Waals surface area contributed by atoms with Gasteiger partial charge in [-0.15, -0.1) is 0 Å². The second-order valence-corrected chi connectivity index (χ2v) is 6.68. The maximum absolute atomic E-state index is 12.2. The minimum absolute atomic E-state index is 0.285. The van der Waals surface area contributed by atoms with E-state index in [2.05, 4.69) is 25.9 Å². The van der Waals surface area contributed by atoms with E-state index >= 15 is 0 Å². The Labute approximate surface area is 164 Å². The van der Waals surface area contributed by atoms with Crippen LogP contribution in [0.2, 0.25) is 0 Å². The summed E-state index contributed by atoms with van der Waals surface area (Å²) in [5.74, 6) is 1.36. The van der Waals surface area contributed by atoms with Gasteiger partial charge in [0.1, 0.15) is 5.82 Å². The topological polar surface area (TPSA) is 82.2 Å². The van der Waals surface area contributed by atoms with Gasteiger partial charge in [0, 0.05) is 42.9 Å². The highest BCUT2D eigenvalue weighted by atomic mass is 16.2. The number of benzene rings is 2. The van der Waals surface area contributed by atoms with Crippen LogP contribution in [0.3, 0.4) is 0 Å². The van der Waals surface area contributed by atoms with Gasteiger partial charge in [-0.3, -0.25) is 0 Å². The van der Waals surface area contributed by atoms with Gasteiger partial charge in [-0.2, -0.15) is 4.98 Å². The summed E-state index contributed by atoms with van der Waals surface area (Å²) in [7, 11) is 3.88. The molecule has 3 N–H and O–H groups in total. The molecule has 0 aliphatic rings. The standard InChI is InChI=1S/C21H24N6O/c1-14-7-5-6-8-18(14)25-21(28)24-17-11-9-16(10-12-17)23-20-22-15(2)13-19(26-20)27(3)4/h5-13H,1-4H3,(H,22,23,26)(H2,24,25,28). The third-order valence-electron chi connectivity index (χ3n) is 4.09. The van der Waals surface area contributed by atoms with E-state index in [1.165, 1.54) is 0 Å². The van der Waals surface area contributed by atoms with Crippen molar-refractivity contribution in [1.29, 1.82) is 0 Å². The first kappa shape index (κ1) is 19.2. The number of hydrogen-bond acceptors (Lipinski definition) is 5. The minimum Gasteiger partial charge on any atom is -0.363 e. The number of nitrogens with one attached hydrogen (secondary N) is 3. The van der Waals surface area contributed by atoms with E-state index in [1.807, 2.05) is 87.4 Å². The predicted molar refractivity (Wildman–Crippen MR) is 115 cm³/mol. The Morgan fingerprint density at radius 1 is 0.893 bits per heavy atom. The quantitative estimate of drug-likeness (QED) is 0.609. The maximum atomic E-state index is 12.2. The van der Waals surface area contributed by atoms with Crippen molar-refractivity contribution in [3.05, 3.63) is 65.9 Å². The van der Waals surface area contributed by atoms with Crippen molar-refractivity contribution in [2.24, 2.45) is 0 Å². The van der Waals surface area contributed by atoms with Gasteiger partial charge in [0.15, 0.2) is 0 Å². The number of carbonyl (C=O) groups is 1. The van der Waals surface area contributed by atoms with Crippen LogP contribution in [0.15, 0.2) is 54.6 Å². The first-order valence-electron chi connectivity index (χ1n) is 8.94. The molecule has 0 atom stereocenters. The SMILES string of the molecule is Cc1cc(N(C)C)nc(Nc2ccc(NC(=O)Nc3ccccc3C)cc2)n1. The number of aromatic nitrogens is 2. The van der Waals surface area contributed by atoms with Crippen molar-refractivity contribution in [3.8, 4) is 0 Å². The summed E-state index contributed by atoms with van der Waals surface area (Å²) in [5.41, 5.74) is 4.20. The van der Waals surface area contributed by atoms with Crippen LogP contribution in [-0.2, 0) is 0 Å². The number of hydrogen-bond donors (Lipinski definition) is 3. The van der Waals surface area contributed by atoms with E-state index in [9.17, 15) is 4.79 Å². The Morgan fingerprint density at radius 3 is 2.25 bits per heavy atom. The van der Waals surface area contributed by atoms with E-state index in [0.717, 1.165) is 28.5 Å². The lowest BCUT2D eigenvalue weighted by atomic mass is 10.2. The van der Waals surface area contributed by atoms with Gasteiger partial charge in [-0.1, -0.05) is 18.2 Å².